The SMILES string of the molecule is COc1ccc(N2CC(C(=O)OC(C)C(=O)N(C)C3CCCCC3)CC2=O)c(OC)c1. The fraction of sp³-hybridized carbons (Fsp3) is 0.609. The van der Waals surface area contributed by atoms with E-state index in [4.69, 9.17) is 14.2 Å². The molecule has 0 N–H and O–H groups in total. The summed E-state index contributed by atoms with van der Waals surface area (Å²) in [6, 6.07) is 5.36. The predicted octanol–water partition coefficient (Wildman–Crippen LogP) is 2.78. The molecule has 1 aliphatic carbocycles. The third-order valence-electron chi connectivity index (χ3n) is 6.25. The number of hydrogen-bond donors (Lipinski definition) is 0. The summed E-state index contributed by atoms with van der Waals surface area (Å²) in [5, 5.41) is 0. The lowest BCUT2D eigenvalue weighted by molar-refractivity contribution is -0.162. The van der Waals surface area contributed by atoms with E-state index < -0.39 is 18.0 Å². The van der Waals surface area contributed by atoms with Gasteiger partial charge in [-0.05, 0) is 31.9 Å². The van der Waals surface area contributed by atoms with Gasteiger partial charge in [-0.15, -0.1) is 0 Å². The summed E-state index contributed by atoms with van der Waals surface area (Å²) in [7, 11) is 4.84. The number of carbonyl (C=O) groups is 3. The van der Waals surface area contributed by atoms with Crippen molar-refractivity contribution in [3.63, 3.8) is 0 Å². The van der Waals surface area contributed by atoms with Gasteiger partial charge in [-0.25, -0.2) is 0 Å². The van der Waals surface area contributed by atoms with Crippen LogP contribution >= 0.6 is 0 Å². The highest BCUT2D eigenvalue weighted by atomic mass is 16.5. The van der Waals surface area contributed by atoms with Crippen molar-refractivity contribution in [1.29, 1.82) is 0 Å². The quantitative estimate of drug-likeness (QED) is 0.616. The van der Waals surface area contributed by atoms with Crippen molar-refractivity contribution in [1.82, 2.24) is 4.90 Å². The smallest absolute Gasteiger partial charge is 0.312 e. The third-order valence-corrected chi connectivity index (χ3v) is 6.25. The van der Waals surface area contributed by atoms with Crippen LogP contribution < -0.4 is 14.4 Å². The fourth-order valence-corrected chi connectivity index (χ4v) is 4.36. The summed E-state index contributed by atoms with van der Waals surface area (Å²) in [4.78, 5) is 41.3. The number of rotatable bonds is 7. The van der Waals surface area contributed by atoms with E-state index in [9.17, 15) is 14.4 Å². The predicted molar refractivity (Wildman–Crippen MR) is 115 cm³/mol. The summed E-state index contributed by atoms with van der Waals surface area (Å²) >= 11 is 0. The number of ether oxygens (including phenoxy) is 3. The number of likely N-dealkylation sites (N-methyl/N-ethyl adjacent to an activating group) is 1. The number of nitrogens with zero attached hydrogens (tertiary/aromatic N) is 2. The molecule has 3 rings (SSSR count). The molecular formula is C23H32N2O6. The second-order valence-electron chi connectivity index (χ2n) is 8.26. The van der Waals surface area contributed by atoms with E-state index in [2.05, 4.69) is 0 Å². The maximum atomic E-state index is 12.7. The van der Waals surface area contributed by atoms with Gasteiger partial charge in [-0.3, -0.25) is 14.4 Å². The van der Waals surface area contributed by atoms with Crippen LogP contribution in [0.3, 0.4) is 0 Å². The van der Waals surface area contributed by atoms with Gasteiger partial charge < -0.3 is 24.0 Å². The summed E-state index contributed by atoms with van der Waals surface area (Å²) < 4.78 is 16.1. The van der Waals surface area contributed by atoms with E-state index in [1.54, 1.807) is 44.2 Å². The van der Waals surface area contributed by atoms with Gasteiger partial charge in [-0.1, -0.05) is 19.3 Å². The van der Waals surface area contributed by atoms with Crippen molar-refractivity contribution in [2.24, 2.45) is 5.92 Å². The Kier molecular flexibility index (Phi) is 7.41. The topological polar surface area (TPSA) is 85.4 Å². The molecule has 1 saturated carbocycles. The van der Waals surface area contributed by atoms with E-state index >= 15 is 0 Å². The Labute approximate surface area is 183 Å². The molecule has 31 heavy (non-hydrogen) atoms. The lowest BCUT2D eigenvalue weighted by Crippen LogP contribution is -2.44. The molecule has 2 unspecified atom stereocenters. The lowest BCUT2D eigenvalue weighted by Gasteiger charge is -2.32. The van der Waals surface area contributed by atoms with Crippen LogP contribution in [0.1, 0.15) is 45.4 Å². The van der Waals surface area contributed by atoms with E-state index in [1.165, 1.54) is 18.4 Å². The molecule has 2 atom stereocenters. The van der Waals surface area contributed by atoms with Gasteiger partial charge in [-0.2, -0.15) is 0 Å². The Morgan fingerprint density at radius 1 is 1.13 bits per heavy atom. The maximum absolute atomic E-state index is 12.7. The molecule has 1 heterocycles. The first-order valence-corrected chi connectivity index (χ1v) is 10.8. The minimum Gasteiger partial charge on any atom is -0.497 e. The number of carbonyl (C=O) groups excluding carboxylic acids is 3. The van der Waals surface area contributed by atoms with Crippen LogP contribution in [0.5, 0.6) is 11.5 Å². The summed E-state index contributed by atoms with van der Waals surface area (Å²) in [5.41, 5.74) is 0.574. The first-order chi connectivity index (χ1) is 14.8. The third kappa shape index (κ3) is 5.11. The molecular weight excluding hydrogens is 400 g/mol. The van der Waals surface area contributed by atoms with Crippen LogP contribution in [0.25, 0.3) is 0 Å². The highest BCUT2D eigenvalue weighted by Gasteiger charge is 2.39. The minimum absolute atomic E-state index is 0.0351. The van der Waals surface area contributed by atoms with Gasteiger partial charge in [0.15, 0.2) is 6.10 Å². The largest absolute Gasteiger partial charge is 0.497 e. The summed E-state index contributed by atoms with van der Waals surface area (Å²) in [5.74, 6) is -0.449. The van der Waals surface area contributed by atoms with Crippen molar-refractivity contribution < 1.29 is 28.6 Å². The van der Waals surface area contributed by atoms with Gasteiger partial charge >= 0.3 is 5.97 Å². The van der Waals surface area contributed by atoms with Gasteiger partial charge in [0.05, 0.1) is 25.8 Å². The fourth-order valence-electron chi connectivity index (χ4n) is 4.36. The number of amides is 2. The Morgan fingerprint density at radius 2 is 1.84 bits per heavy atom. The molecule has 0 aromatic heterocycles. The van der Waals surface area contributed by atoms with Gasteiger partial charge in [0.25, 0.3) is 5.91 Å². The second kappa shape index (κ2) is 10.0. The molecule has 1 aliphatic heterocycles. The second-order valence-corrected chi connectivity index (χ2v) is 8.26. The highest BCUT2D eigenvalue weighted by Crippen LogP contribution is 2.36. The number of methoxy groups -OCH3 is 2. The first-order valence-electron chi connectivity index (χ1n) is 10.8. The molecule has 2 fully saturated rings. The molecule has 1 aromatic carbocycles. The molecule has 0 spiro atoms. The Balaban J connectivity index is 1.61. The van der Waals surface area contributed by atoms with Crippen LogP contribution in [-0.2, 0) is 19.1 Å². The number of benzene rings is 1. The monoisotopic (exact) mass is 432 g/mol. The maximum Gasteiger partial charge on any atom is 0.312 e. The average Bonchev–Trinajstić information content (AvgIpc) is 3.19. The van der Waals surface area contributed by atoms with Crippen LogP contribution in [0.4, 0.5) is 5.69 Å². The number of esters is 1. The van der Waals surface area contributed by atoms with Gasteiger partial charge in [0.1, 0.15) is 11.5 Å². The van der Waals surface area contributed by atoms with Crippen molar-refractivity contribution in [2.75, 3.05) is 32.7 Å². The highest BCUT2D eigenvalue weighted by molar-refractivity contribution is 6.01. The number of anilines is 1. The molecule has 1 saturated heterocycles. The molecule has 1 aromatic rings. The zero-order valence-corrected chi connectivity index (χ0v) is 18.8. The first kappa shape index (κ1) is 22.9. The van der Waals surface area contributed by atoms with Crippen molar-refractivity contribution in [3.8, 4) is 11.5 Å². The Morgan fingerprint density at radius 3 is 2.48 bits per heavy atom. The zero-order valence-electron chi connectivity index (χ0n) is 18.8. The molecule has 170 valence electrons. The summed E-state index contributed by atoms with van der Waals surface area (Å²) in [6.45, 7) is 1.78. The van der Waals surface area contributed by atoms with Crippen molar-refractivity contribution in [2.45, 2.75) is 57.6 Å². The normalized spacial score (nSPS) is 20.3. The van der Waals surface area contributed by atoms with Gasteiger partial charge in [0, 0.05) is 32.1 Å². The van der Waals surface area contributed by atoms with E-state index in [1.807, 2.05) is 0 Å². The van der Waals surface area contributed by atoms with E-state index in [0.29, 0.717) is 17.2 Å². The van der Waals surface area contributed by atoms with Crippen molar-refractivity contribution in [3.05, 3.63) is 18.2 Å². The standard InChI is InChI=1S/C23H32N2O6/c1-15(22(27)24(2)17-8-6-5-7-9-17)31-23(28)16-12-21(26)25(14-16)19-11-10-18(29-3)13-20(19)30-4/h10-11,13,15-17H,5-9,12,14H2,1-4H3. The van der Waals surface area contributed by atoms with Gasteiger partial charge in [0.2, 0.25) is 5.91 Å². The Bertz CT molecular complexity index is 820. The van der Waals surface area contributed by atoms with E-state index in [0.717, 1.165) is 25.7 Å². The molecule has 2 aliphatic rings. The summed E-state index contributed by atoms with van der Waals surface area (Å²) in [6.07, 6.45) is 4.56. The molecule has 8 nitrogen and oxygen atoms in total. The minimum atomic E-state index is -0.876. The molecule has 0 radical (unpaired) electrons. The average molecular weight is 433 g/mol. The zero-order chi connectivity index (χ0) is 22.5. The van der Waals surface area contributed by atoms with Crippen LogP contribution in [0.2, 0.25) is 0 Å². The number of hydrogen-bond acceptors (Lipinski definition) is 6. The molecule has 0 bridgehead atoms. The Hall–Kier alpha value is -2.77. The van der Waals surface area contributed by atoms with Crippen molar-refractivity contribution >= 4 is 23.5 Å². The van der Waals surface area contributed by atoms with Crippen LogP contribution in [0, 0.1) is 5.92 Å². The van der Waals surface area contributed by atoms with Crippen LogP contribution in [0.15, 0.2) is 18.2 Å². The van der Waals surface area contributed by atoms with E-state index in [-0.39, 0.29) is 30.8 Å². The molecule has 8 heteroatoms. The van der Waals surface area contributed by atoms with Crippen LogP contribution in [-0.4, -0.2) is 62.6 Å². The lowest BCUT2D eigenvalue weighted by atomic mass is 9.94. The molecule has 2 amide bonds.